The van der Waals surface area contributed by atoms with Crippen molar-refractivity contribution >= 4 is 24.6 Å². The average molecular weight is 376 g/mol. The van der Waals surface area contributed by atoms with Crippen LogP contribution in [0.2, 0.25) is 0 Å². The van der Waals surface area contributed by atoms with Crippen molar-refractivity contribution in [2.24, 2.45) is 4.99 Å². The monoisotopic (exact) mass is 375 g/mol. The molecule has 1 aromatic carbocycles. The molecule has 0 fully saturated rings. The Morgan fingerprint density at radius 3 is 2.46 bits per heavy atom. The second-order valence-electron chi connectivity index (χ2n) is 5.39. The first kappa shape index (κ1) is 21.7. The number of ether oxygens (including phenoxy) is 1. The minimum Gasteiger partial charge on any atom is -0.487 e. The Bertz CT molecular complexity index is 736. The second kappa shape index (κ2) is 11.3. The predicted octanol–water partition coefficient (Wildman–Crippen LogP) is 6.09. The van der Waals surface area contributed by atoms with E-state index in [4.69, 9.17) is 4.74 Å². The normalized spacial score (nSPS) is 11.3. The standard InChI is InChI=1S/C18H20FN3OS.C2H6/c1-5-16(18-10-11-21-22(18)24-19)17(20-4)12-23-15-8-6-14(7-9-15)13(2)3;1-2/h5-11,13H,1,4,12H2,2-3H3;1-2H3/b17-16+;. The third-order valence-electron chi connectivity index (χ3n) is 3.58. The first-order valence-electron chi connectivity index (χ1n) is 8.49. The van der Waals surface area contributed by atoms with Crippen LogP contribution in [0.3, 0.4) is 0 Å². The lowest BCUT2D eigenvalue weighted by molar-refractivity contribution is 0.351. The van der Waals surface area contributed by atoms with E-state index in [0.717, 1.165) is 9.84 Å². The number of rotatable bonds is 8. The third-order valence-corrected chi connectivity index (χ3v) is 4.00. The van der Waals surface area contributed by atoms with Crippen molar-refractivity contribution in [3.05, 3.63) is 66.1 Å². The quantitative estimate of drug-likeness (QED) is 0.414. The molecule has 0 saturated heterocycles. The van der Waals surface area contributed by atoms with Gasteiger partial charge < -0.3 is 4.74 Å². The van der Waals surface area contributed by atoms with Crippen LogP contribution in [0, 0.1) is 0 Å². The van der Waals surface area contributed by atoms with Gasteiger partial charge >= 0.3 is 0 Å². The van der Waals surface area contributed by atoms with E-state index in [0.29, 0.717) is 22.9 Å². The maximum Gasteiger partial charge on any atom is 0.188 e. The van der Waals surface area contributed by atoms with E-state index in [1.54, 1.807) is 12.1 Å². The van der Waals surface area contributed by atoms with Crippen LogP contribution in [0.25, 0.3) is 5.57 Å². The van der Waals surface area contributed by atoms with Gasteiger partial charge in [0.1, 0.15) is 12.4 Å². The summed E-state index contributed by atoms with van der Waals surface area (Å²) in [5, 5.41) is 3.88. The average Bonchev–Trinajstić information content (AvgIpc) is 3.15. The lowest BCUT2D eigenvalue weighted by Gasteiger charge is -2.11. The minimum atomic E-state index is 0.0131. The zero-order chi connectivity index (χ0) is 19.5. The van der Waals surface area contributed by atoms with Crippen LogP contribution in [-0.4, -0.2) is 22.5 Å². The Morgan fingerprint density at radius 1 is 1.31 bits per heavy atom. The lowest BCUT2D eigenvalue weighted by atomic mass is 10.0. The summed E-state index contributed by atoms with van der Waals surface area (Å²) < 4.78 is 19.9. The van der Waals surface area contributed by atoms with Gasteiger partial charge in [-0.25, -0.2) is 0 Å². The van der Waals surface area contributed by atoms with Crippen LogP contribution in [-0.2, 0) is 0 Å². The maximum absolute atomic E-state index is 12.9. The highest BCUT2D eigenvalue weighted by molar-refractivity contribution is 7.92. The van der Waals surface area contributed by atoms with Crippen LogP contribution in [0.1, 0.15) is 44.9 Å². The second-order valence-corrected chi connectivity index (χ2v) is 5.88. The van der Waals surface area contributed by atoms with Crippen molar-refractivity contribution < 1.29 is 8.62 Å². The fourth-order valence-electron chi connectivity index (χ4n) is 2.22. The highest BCUT2D eigenvalue weighted by Crippen LogP contribution is 2.25. The van der Waals surface area contributed by atoms with Crippen molar-refractivity contribution in [1.29, 1.82) is 0 Å². The Labute approximate surface area is 159 Å². The van der Waals surface area contributed by atoms with Gasteiger partial charge in [-0.05, 0) is 36.4 Å². The number of hydrogen-bond acceptors (Lipinski definition) is 4. The predicted molar refractivity (Wildman–Crippen MR) is 110 cm³/mol. The smallest absolute Gasteiger partial charge is 0.188 e. The Morgan fingerprint density at radius 2 is 1.96 bits per heavy atom. The molecule has 2 aromatic rings. The first-order valence-corrected chi connectivity index (χ1v) is 9.16. The Hall–Kier alpha value is -2.34. The van der Waals surface area contributed by atoms with Crippen molar-refractivity contribution in [3.8, 4) is 5.75 Å². The summed E-state index contributed by atoms with van der Waals surface area (Å²) in [7, 11) is 0. The summed E-state index contributed by atoms with van der Waals surface area (Å²) in [4.78, 5) is 4.01. The molecule has 1 heterocycles. The number of halogens is 1. The highest BCUT2D eigenvalue weighted by atomic mass is 32.2. The van der Waals surface area contributed by atoms with E-state index in [-0.39, 0.29) is 18.9 Å². The molecule has 6 heteroatoms. The number of benzene rings is 1. The molecule has 0 atom stereocenters. The first-order chi connectivity index (χ1) is 12.6. The Balaban J connectivity index is 0.00000163. The van der Waals surface area contributed by atoms with Crippen molar-refractivity contribution in [2.45, 2.75) is 33.6 Å². The summed E-state index contributed by atoms with van der Waals surface area (Å²) in [6.45, 7) is 15.8. The van der Waals surface area contributed by atoms with Crippen LogP contribution >= 0.6 is 12.3 Å². The van der Waals surface area contributed by atoms with Gasteiger partial charge in [-0.2, -0.15) is 9.19 Å². The van der Waals surface area contributed by atoms with Crippen LogP contribution in [0.4, 0.5) is 3.89 Å². The van der Waals surface area contributed by atoms with Gasteiger partial charge in [0.15, 0.2) is 12.3 Å². The molecule has 0 spiro atoms. The molecule has 0 amide bonds. The SMILES string of the molecule is C=C/C(=C(/COc1ccc(C(C)C)cc1)N=C)c1ccnn1SF.CC. The zero-order valence-electron chi connectivity index (χ0n) is 15.8. The molecule has 0 aliphatic carbocycles. The lowest BCUT2D eigenvalue weighted by Crippen LogP contribution is -2.04. The molecule has 0 unspecified atom stereocenters. The molecule has 0 aliphatic heterocycles. The van der Waals surface area contributed by atoms with Crippen molar-refractivity contribution in [1.82, 2.24) is 9.19 Å². The summed E-state index contributed by atoms with van der Waals surface area (Å²) in [6.07, 6.45) is 3.11. The van der Waals surface area contributed by atoms with Crippen molar-refractivity contribution in [3.63, 3.8) is 0 Å². The molecule has 1 aromatic heterocycles. The van der Waals surface area contributed by atoms with Gasteiger partial charge in [-0.1, -0.05) is 52.5 Å². The van der Waals surface area contributed by atoms with Gasteiger partial charge in [-0.3, -0.25) is 4.99 Å². The van der Waals surface area contributed by atoms with Crippen molar-refractivity contribution in [2.75, 3.05) is 6.61 Å². The van der Waals surface area contributed by atoms with E-state index in [1.165, 1.54) is 11.8 Å². The summed E-state index contributed by atoms with van der Waals surface area (Å²) >= 11 is 0.0131. The Kier molecular flexibility index (Phi) is 9.44. The maximum atomic E-state index is 12.9. The highest BCUT2D eigenvalue weighted by Gasteiger charge is 2.12. The number of nitrogens with zero attached hydrogens (tertiary/aromatic N) is 3. The molecule has 0 radical (unpaired) electrons. The van der Waals surface area contributed by atoms with E-state index < -0.39 is 0 Å². The number of aliphatic imine (C=N–C) groups is 1. The fourth-order valence-corrected chi connectivity index (χ4v) is 2.54. The van der Waals surface area contributed by atoms with Crippen LogP contribution in [0.5, 0.6) is 5.75 Å². The molecule has 26 heavy (non-hydrogen) atoms. The summed E-state index contributed by atoms with van der Waals surface area (Å²) in [6, 6.07) is 9.60. The molecule has 4 nitrogen and oxygen atoms in total. The van der Waals surface area contributed by atoms with E-state index in [1.807, 2.05) is 38.1 Å². The van der Waals surface area contributed by atoms with Gasteiger partial charge in [0.25, 0.3) is 0 Å². The topological polar surface area (TPSA) is 39.4 Å². The van der Waals surface area contributed by atoms with Gasteiger partial charge in [0.05, 0.1) is 17.6 Å². The summed E-state index contributed by atoms with van der Waals surface area (Å²) in [5.74, 6) is 1.20. The molecular formula is C20H26FN3OS. The molecule has 0 bridgehead atoms. The fraction of sp³-hybridized carbons (Fsp3) is 0.300. The van der Waals surface area contributed by atoms with Gasteiger partial charge in [-0.15, -0.1) is 3.89 Å². The molecule has 2 rings (SSSR count). The molecule has 140 valence electrons. The zero-order valence-corrected chi connectivity index (χ0v) is 16.6. The molecule has 0 N–H and O–H groups in total. The van der Waals surface area contributed by atoms with E-state index >= 15 is 0 Å². The molecule has 0 aliphatic rings. The van der Waals surface area contributed by atoms with Gasteiger partial charge in [0, 0.05) is 5.57 Å². The molecular weight excluding hydrogens is 349 g/mol. The number of allylic oxidation sites excluding steroid dienone is 2. The van der Waals surface area contributed by atoms with E-state index in [9.17, 15) is 3.89 Å². The largest absolute Gasteiger partial charge is 0.487 e. The number of hydrogen-bond donors (Lipinski definition) is 0. The van der Waals surface area contributed by atoms with Crippen LogP contribution in [0.15, 0.2) is 59.9 Å². The third kappa shape index (κ3) is 5.59. The van der Waals surface area contributed by atoms with E-state index in [2.05, 4.69) is 37.2 Å². The number of aromatic nitrogens is 2. The van der Waals surface area contributed by atoms with Crippen LogP contribution < -0.4 is 4.74 Å². The molecule has 0 saturated carbocycles. The summed E-state index contributed by atoms with van der Waals surface area (Å²) in [5.41, 5.74) is 2.99. The minimum absolute atomic E-state index is 0.0131. The van der Waals surface area contributed by atoms with Gasteiger partial charge in [0.2, 0.25) is 0 Å².